The SMILES string of the molecule is CNC(C)(C)c1nc2c(Cl)cccc2[nH]1. The van der Waals surface area contributed by atoms with E-state index < -0.39 is 0 Å². The first-order chi connectivity index (χ1) is 7.04. The molecule has 0 amide bonds. The lowest BCUT2D eigenvalue weighted by Crippen LogP contribution is -2.34. The fourth-order valence-electron chi connectivity index (χ4n) is 1.41. The minimum absolute atomic E-state index is 0.178. The van der Waals surface area contributed by atoms with Crippen LogP contribution < -0.4 is 5.32 Å². The first-order valence-electron chi connectivity index (χ1n) is 4.88. The highest BCUT2D eigenvalue weighted by atomic mass is 35.5. The smallest absolute Gasteiger partial charge is 0.127 e. The van der Waals surface area contributed by atoms with Crippen molar-refractivity contribution in [2.75, 3.05) is 7.05 Å². The van der Waals surface area contributed by atoms with Crippen LogP contribution in [-0.4, -0.2) is 17.0 Å². The number of imidazole rings is 1. The molecule has 0 fully saturated rings. The van der Waals surface area contributed by atoms with Crippen molar-refractivity contribution in [3.05, 3.63) is 29.0 Å². The van der Waals surface area contributed by atoms with Crippen molar-refractivity contribution in [2.24, 2.45) is 0 Å². The van der Waals surface area contributed by atoms with Gasteiger partial charge < -0.3 is 10.3 Å². The predicted molar refractivity (Wildman–Crippen MR) is 63.2 cm³/mol. The Balaban J connectivity index is 2.62. The standard InChI is InChI=1S/C11H14ClN3/c1-11(2,13-3)10-14-8-6-4-5-7(12)9(8)15-10/h4-6,13H,1-3H3,(H,14,15). The Morgan fingerprint density at radius 2 is 2.13 bits per heavy atom. The second kappa shape index (κ2) is 3.51. The van der Waals surface area contributed by atoms with Crippen LogP contribution in [0, 0.1) is 0 Å². The van der Waals surface area contributed by atoms with Gasteiger partial charge in [0.15, 0.2) is 0 Å². The lowest BCUT2D eigenvalue weighted by atomic mass is 10.1. The van der Waals surface area contributed by atoms with Gasteiger partial charge in [-0.2, -0.15) is 0 Å². The summed E-state index contributed by atoms with van der Waals surface area (Å²) in [6.07, 6.45) is 0. The van der Waals surface area contributed by atoms with Gasteiger partial charge in [0, 0.05) is 0 Å². The molecule has 0 aliphatic heterocycles. The number of nitrogens with one attached hydrogen (secondary N) is 2. The zero-order valence-electron chi connectivity index (χ0n) is 9.06. The molecular formula is C11H14ClN3. The molecule has 4 heteroatoms. The minimum Gasteiger partial charge on any atom is -0.340 e. The van der Waals surface area contributed by atoms with E-state index in [0.717, 1.165) is 16.9 Å². The summed E-state index contributed by atoms with van der Waals surface area (Å²) in [6.45, 7) is 4.14. The highest BCUT2D eigenvalue weighted by Gasteiger charge is 2.22. The first-order valence-corrected chi connectivity index (χ1v) is 5.26. The predicted octanol–water partition coefficient (Wildman–Crippen LogP) is 2.67. The fraction of sp³-hybridized carbons (Fsp3) is 0.364. The van der Waals surface area contributed by atoms with E-state index in [4.69, 9.17) is 11.6 Å². The Kier molecular flexibility index (Phi) is 2.44. The van der Waals surface area contributed by atoms with Crippen molar-refractivity contribution in [1.29, 1.82) is 0 Å². The van der Waals surface area contributed by atoms with Gasteiger partial charge in [0.25, 0.3) is 0 Å². The van der Waals surface area contributed by atoms with Crippen LogP contribution in [0.25, 0.3) is 11.0 Å². The highest BCUT2D eigenvalue weighted by Crippen LogP contribution is 2.25. The quantitative estimate of drug-likeness (QED) is 0.822. The summed E-state index contributed by atoms with van der Waals surface area (Å²) in [5, 5.41) is 3.88. The van der Waals surface area contributed by atoms with Crippen molar-refractivity contribution in [1.82, 2.24) is 15.3 Å². The van der Waals surface area contributed by atoms with Crippen LogP contribution in [0.15, 0.2) is 18.2 Å². The second-order valence-electron chi connectivity index (χ2n) is 4.10. The highest BCUT2D eigenvalue weighted by molar-refractivity contribution is 6.34. The number of nitrogens with zero attached hydrogens (tertiary/aromatic N) is 1. The van der Waals surface area contributed by atoms with Crippen molar-refractivity contribution >= 4 is 22.6 Å². The summed E-state index contributed by atoms with van der Waals surface area (Å²) in [5.41, 5.74) is 1.63. The Morgan fingerprint density at radius 1 is 1.40 bits per heavy atom. The molecule has 2 rings (SSSR count). The van der Waals surface area contributed by atoms with E-state index in [9.17, 15) is 0 Å². The van der Waals surface area contributed by atoms with E-state index in [1.807, 2.05) is 25.2 Å². The summed E-state index contributed by atoms with van der Waals surface area (Å²) in [5.74, 6) is 0.896. The summed E-state index contributed by atoms with van der Waals surface area (Å²) < 4.78 is 0. The summed E-state index contributed by atoms with van der Waals surface area (Å²) >= 11 is 6.06. The largest absolute Gasteiger partial charge is 0.340 e. The molecular weight excluding hydrogens is 210 g/mol. The third kappa shape index (κ3) is 1.73. The van der Waals surface area contributed by atoms with Gasteiger partial charge in [-0.25, -0.2) is 4.98 Å². The van der Waals surface area contributed by atoms with Crippen molar-refractivity contribution in [2.45, 2.75) is 19.4 Å². The maximum Gasteiger partial charge on any atom is 0.127 e. The molecule has 0 radical (unpaired) electrons. The van der Waals surface area contributed by atoms with Crippen LogP contribution in [0.1, 0.15) is 19.7 Å². The average Bonchev–Trinajstić information content (AvgIpc) is 2.64. The zero-order valence-corrected chi connectivity index (χ0v) is 9.81. The number of hydrogen-bond donors (Lipinski definition) is 2. The number of aromatic nitrogens is 2. The Morgan fingerprint density at radius 3 is 2.73 bits per heavy atom. The summed E-state index contributed by atoms with van der Waals surface area (Å²) in [4.78, 5) is 7.77. The third-order valence-electron chi connectivity index (χ3n) is 2.68. The van der Waals surface area contributed by atoms with E-state index in [1.165, 1.54) is 0 Å². The van der Waals surface area contributed by atoms with Crippen molar-refractivity contribution < 1.29 is 0 Å². The van der Waals surface area contributed by atoms with E-state index in [-0.39, 0.29) is 5.54 Å². The fourth-order valence-corrected chi connectivity index (χ4v) is 1.63. The van der Waals surface area contributed by atoms with Crippen LogP contribution in [0.3, 0.4) is 0 Å². The molecule has 80 valence electrons. The monoisotopic (exact) mass is 223 g/mol. The van der Waals surface area contributed by atoms with Crippen LogP contribution in [0.5, 0.6) is 0 Å². The molecule has 0 unspecified atom stereocenters. The molecule has 0 spiro atoms. The van der Waals surface area contributed by atoms with Gasteiger partial charge in [-0.05, 0) is 33.0 Å². The minimum atomic E-state index is -0.178. The molecule has 0 atom stereocenters. The van der Waals surface area contributed by atoms with Gasteiger partial charge >= 0.3 is 0 Å². The van der Waals surface area contributed by atoms with Crippen LogP contribution in [0.2, 0.25) is 5.02 Å². The molecule has 0 saturated heterocycles. The molecule has 0 saturated carbocycles. The molecule has 15 heavy (non-hydrogen) atoms. The summed E-state index contributed by atoms with van der Waals surface area (Å²) in [6, 6.07) is 5.74. The van der Waals surface area contributed by atoms with Crippen LogP contribution in [-0.2, 0) is 5.54 Å². The van der Waals surface area contributed by atoms with Gasteiger partial charge in [-0.1, -0.05) is 17.7 Å². The molecule has 0 aliphatic rings. The molecule has 0 aliphatic carbocycles. The third-order valence-corrected chi connectivity index (χ3v) is 2.99. The molecule has 1 heterocycles. The summed E-state index contributed by atoms with van der Waals surface area (Å²) in [7, 11) is 1.91. The lowest BCUT2D eigenvalue weighted by molar-refractivity contribution is 0.422. The number of rotatable bonds is 2. The maximum absolute atomic E-state index is 6.06. The molecule has 3 nitrogen and oxygen atoms in total. The molecule has 1 aromatic heterocycles. The number of hydrogen-bond acceptors (Lipinski definition) is 2. The van der Waals surface area contributed by atoms with Gasteiger partial charge in [-0.3, -0.25) is 0 Å². The van der Waals surface area contributed by atoms with Gasteiger partial charge in [0.1, 0.15) is 11.3 Å². The topological polar surface area (TPSA) is 40.7 Å². The number of H-pyrrole nitrogens is 1. The van der Waals surface area contributed by atoms with E-state index in [0.29, 0.717) is 5.02 Å². The van der Waals surface area contributed by atoms with Crippen molar-refractivity contribution in [3.63, 3.8) is 0 Å². The zero-order chi connectivity index (χ0) is 11.1. The Labute approximate surface area is 93.9 Å². The van der Waals surface area contributed by atoms with Crippen molar-refractivity contribution in [3.8, 4) is 0 Å². The number of benzene rings is 1. The maximum atomic E-state index is 6.06. The number of fused-ring (bicyclic) bond motifs is 1. The van der Waals surface area contributed by atoms with Crippen LogP contribution >= 0.6 is 11.6 Å². The van der Waals surface area contributed by atoms with Gasteiger partial charge in [0.2, 0.25) is 0 Å². The number of aromatic amines is 1. The Bertz CT molecular complexity index is 488. The average molecular weight is 224 g/mol. The first kappa shape index (κ1) is 10.5. The lowest BCUT2D eigenvalue weighted by Gasteiger charge is -2.20. The van der Waals surface area contributed by atoms with E-state index in [2.05, 4.69) is 29.1 Å². The molecule has 2 N–H and O–H groups in total. The second-order valence-corrected chi connectivity index (χ2v) is 4.50. The van der Waals surface area contributed by atoms with Crippen LogP contribution in [0.4, 0.5) is 0 Å². The van der Waals surface area contributed by atoms with Gasteiger partial charge in [-0.15, -0.1) is 0 Å². The van der Waals surface area contributed by atoms with E-state index in [1.54, 1.807) is 0 Å². The Hall–Kier alpha value is -1.06. The molecule has 2 aromatic rings. The molecule has 1 aromatic carbocycles. The number of halogens is 1. The normalized spacial score (nSPS) is 12.3. The number of para-hydroxylation sites is 1. The molecule has 0 bridgehead atoms. The van der Waals surface area contributed by atoms with E-state index >= 15 is 0 Å². The van der Waals surface area contributed by atoms with Gasteiger partial charge in [0.05, 0.1) is 16.1 Å².